The Labute approximate surface area is 198 Å². The van der Waals surface area contributed by atoms with Crippen LogP contribution in [0.2, 0.25) is 0 Å². The number of hydrogen-bond donors (Lipinski definition) is 1. The van der Waals surface area contributed by atoms with Gasteiger partial charge in [-0.3, -0.25) is 9.59 Å². The Bertz CT molecular complexity index is 1410. The van der Waals surface area contributed by atoms with E-state index in [0.717, 1.165) is 36.2 Å². The van der Waals surface area contributed by atoms with Crippen molar-refractivity contribution >= 4 is 23.0 Å². The van der Waals surface area contributed by atoms with Gasteiger partial charge in [0.2, 0.25) is 17.4 Å². The van der Waals surface area contributed by atoms with Gasteiger partial charge in [-0.2, -0.15) is 0 Å². The average molecular weight is 482 g/mol. The summed E-state index contributed by atoms with van der Waals surface area (Å²) in [6.07, 6.45) is 8.42. The molecule has 1 fully saturated rings. The van der Waals surface area contributed by atoms with Gasteiger partial charge >= 0.3 is 5.56 Å². The highest BCUT2D eigenvalue weighted by atomic mass is 32.1. The van der Waals surface area contributed by atoms with Crippen LogP contribution in [0.4, 0.5) is 4.39 Å². The van der Waals surface area contributed by atoms with E-state index >= 15 is 0 Å². The Kier molecular flexibility index (Phi) is 5.91. The normalized spacial score (nSPS) is 16.3. The lowest BCUT2D eigenvalue weighted by molar-refractivity contribution is -0.135. The highest BCUT2D eigenvalue weighted by Gasteiger charge is 2.25. The molecule has 10 heteroatoms. The molecule has 0 radical (unpaired) electrons. The van der Waals surface area contributed by atoms with Crippen LogP contribution < -0.4 is 5.56 Å². The number of thiazole rings is 1. The minimum Gasteiger partial charge on any atom is -0.501 e. The second kappa shape index (κ2) is 9.02. The molecule has 1 amide bonds. The lowest BCUT2D eigenvalue weighted by Crippen LogP contribution is -2.43. The number of hydrogen-bond acceptors (Lipinski definition) is 6. The van der Waals surface area contributed by atoms with Crippen molar-refractivity contribution in [2.24, 2.45) is 0 Å². The monoisotopic (exact) mass is 481 g/mol. The predicted octanol–water partition coefficient (Wildman–Crippen LogP) is 3.46. The quantitative estimate of drug-likeness (QED) is 0.471. The zero-order valence-corrected chi connectivity index (χ0v) is 19.5. The van der Waals surface area contributed by atoms with Gasteiger partial charge in [0.05, 0.1) is 0 Å². The van der Waals surface area contributed by atoms with Crippen molar-refractivity contribution in [1.29, 1.82) is 0 Å². The number of aromatic hydroxyl groups is 1. The molecule has 1 aliphatic heterocycles. The van der Waals surface area contributed by atoms with Gasteiger partial charge in [0.25, 0.3) is 0 Å². The van der Waals surface area contributed by atoms with Crippen molar-refractivity contribution in [2.75, 3.05) is 6.54 Å². The van der Waals surface area contributed by atoms with Crippen molar-refractivity contribution < 1.29 is 14.3 Å². The maximum Gasteiger partial charge on any atom is 0.302 e. The van der Waals surface area contributed by atoms with Gasteiger partial charge in [-0.15, -0.1) is 11.3 Å². The highest BCUT2D eigenvalue weighted by Crippen LogP contribution is 2.30. The third-order valence-corrected chi connectivity index (χ3v) is 7.21. The Morgan fingerprint density at radius 3 is 2.79 bits per heavy atom. The number of halogens is 1. The minimum absolute atomic E-state index is 0.0231. The van der Waals surface area contributed by atoms with Crippen LogP contribution in [0.1, 0.15) is 36.6 Å². The SMILES string of the molecule is CC1CCCCN1C(=O)Cn1ccn2c(=O)c(O)c(-c3ncc(Cc4ccc(F)cc4)s3)nc12. The fraction of sp³-hybridized carbons (Fsp3) is 0.333. The summed E-state index contributed by atoms with van der Waals surface area (Å²) in [7, 11) is 0. The van der Waals surface area contributed by atoms with Gasteiger partial charge in [0, 0.05) is 42.5 Å². The Morgan fingerprint density at radius 2 is 2.03 bits per heavy atom. The molecule has 1 unspecified atom stereocenters. The number of likely N-dealkylation sites (tertiary alicyclic amines) is 1. The number of rotatable bonds is 5. The molecule has 1 saturated heterocycles. The Hall–Kier alpha value is -3.53. The summed E-state index contributed by atoms with van der Waals surface area (Å²) >= 11 is 1.30. The van der Waals surface area contributed by atoms with Crippen LogP contribution >= 0.6 is 11.3 Å². The van der Waals surface area contributed by atoms with Crippen LogP contribution in [0.5, 0.6) is 5.75 Å². The second-order valence-electron chi connectivity index (χ2n) is 8.58. The van der Waals surface area contributed by atoms with Gasteiger partial charge < -0.3 is 14.6 Å². The van der Waals surface area contributed by atoms with E-state index in [1.807, 2.05) is 4.90 Å². The number of aromatic nitrogens is 4. The summed E-state index contributed by atoms with van der Waals surface area (Å²) in [5.41, 5.74) is 0.385. The number of benzene rings is 1. The number of amides is 1. The third kappa shape index (κ3) is 4.21. The van der Waals surface area contributed by atoms with Crippen molar-refractivity contribution in [3.63, 3.8) is 0 Å². The molecule has 4 aromatic rings. The lowest BCUT2D eigenvalue weighted by atomic mass is 10.0. The fourth-order valence-corrected chi connectivity index (χ4v) is 5.28. The fourth-order valence-electron chi connectivity index (χ4n) is 4.34. The van der Waals surface area contributed by atoms with E-state index in [-0.39, 0.29) is 35.8 Å². The summed E-state index contributed by atoms with van der Waals surface area (Å²) in [5.74, 6) is -0.544. The van der Waals surface area contributed by atoms with E-state index in [9.17, 15) is 19.1 Å². The van der Waals surface area contributed by atoms with Crippen LogP contribution in [0, 0.1) is 5.82 Å². The molecule has 1 N–H and O–H groups in total. The van der Waals surface area contributed by atoms with Crippen LogP contribution in [0.25, 0.3) is 16.5 Å². The molecule has 1 atom stereocenters. The Morgan fingerprint density at radius 1 is 1.24 bits per heavy atom. The van der Waals surface area contributed by atoms with Crippen molar-refractivity contribution in [3.8, 4) is 16.5 Å². The molecule has 4 heterocycles. The number of carbonyl (C=O) groups is 1. The minimum atomic E-state index is -0.618. The maximum atomic E-state index is 13.2. The van der Waals surface area contributed by atoms with Crippen molar-refractivity contribution in [3.05, 3.63) is 69.5 Å². The van der Waals surface area contributed by atoms with Crippen LogP contribution in [0.3, 0.4) is 0 Å². The largest absolute Gasteiger partial charge is 0.501 e. The molecule has 0 aliphatic carbocycles. The molecular weight excluding hydrogens is 457 g/mol. The molecular formula is C24H24FN5O3S. The van der Waals surface area contributed by atoms with Crippen LogP contribution in [-0.4, -0.2) is 47.4 Å². The highest BCUT2D eigenvalue weighted by molar-refractivity contribution is 7.15. The summed E-state index contributed by atoms with van der Waals surface area (Å²) in [6.45, 7) is 2.84. The first-order chi connectivity index (χ1) is 16.4. The first kappa shape index (κ1) is 22.3. The molecule has 1 aliphatic rings. The van der Waals surface area contributed by atoms with E-state index in [0.29, 0.717) is 11.4 Å². The first-order valence-electron chi connectivity index (χ1n) is 11.2. The average Bonchev–Trinajstić information content (AvgIpc) is 3.45. The molecule has 3 aromatic heterocycles. The molecule has 0 bridgehead atoms. The predicted molar refractivity (Wildman–Crippen MR) is 126 cm³/mol. The van der Waals surface area contributed by atoms with Crippen molar-refractivity contribution in [2.45, 2.75) is 45.2 Å². The first-order valence-corrected chi connectivity index (χ1v) is 12.0. The summed E-state index contributed by atoms with van der Waals surface area (Å²) in [4.78, 5) is 37.4. The lowest BCUT2D eigenvalue weighted by Gasteiger charge is -2.33. The van der Waals surface area contributed by atoms with E-state index in [1.165, 1.54) is 34.1 Å². The van der Waals surface area contributed by atoms with E-state index in [4.69, 9.17) is 0 Å². The molecule has 1 aromatic carbocycles. The standard InChI is InChI=1S/C24H24FN5O3S/c1-15-4-2-3-9-29(15)19(31)14-28-10-11-30-23(33)21(32)20(27-24(28)30)22-26-13-18(34-22)12-16-5-7-17(25)8-6-16/h5-8,10-11,13,15,32H,2-4,9,12,14H2,1H3. The van der Waals surface area contributed by atoms with Crippen LogP contribution in [-0.2, 0) is 17.8 Å². The number of imidazole rings is 1. The topological polar surface area (TPSA) is 92.7 Å². The van der Waals surface area contributed by atoms with Gasteiger partial charge in [-0.1, -0.05) is 12.1 Å². The third-order valence-electron chi connectivity index (χ3n) is 6.20. The molecule has 5 rings (SSSR count). The maximum absolute atomic E-state index is 13.2. The second-order valence-corrected chi connectivity index (χ2v) is 9.69. The zero-order chi connectivity index (χ0) is 23.8. The van der Waals surface area contributed by atoms with Gasteiger partial charge in [0.1, 0.15) is 17.4 Å². The summed E-state index contributed by atoms with van der Waals surface area (Å²) in [6, 6.07) is 6.40. The van der Waals surface area contributed by atoms with Gasteiger partial charge in [-0.05, 0) is 43.9 Å². The zero-order valence-electron chi connectivity index (χ0n) is 18.6. The Balaban J connectivity index is 1.45. The van der Waals surface area contributed by atoms with E-state index in [1.54, 1.807) is 29.1 Å². The molecule has 34 heavy (non-hydrogen) atoms. The molecule has 176 valence electrons. The summed E-state index contributed by atoms with van der Waals surface area (Å²) in [5, 5.41) is 11.0. The van der Waals surface area contributed by atoms with Crippen molar-refractivity contribution in [1.82, 2.24) is 23.8 Å². The number of carbonyl (C=O) groups excluding carboxylic acids is 1. The number of fused-ring (bicyclic) bond motifs is 1. The van der Waals surface area contributed by atoms with E-state index < -0.39 is 11.3 Å². The molecule has 8 nitrogen and oxygen atoms in total. The van der Waals surface area contributed by atoms with Gasteiger partial charge in [0.15, 0.2) is 5.69 Å². The smallest absolute Gasteiger partial charge is 0.302 e. The number of piperidine rings is 1. The van der Waals surface area contributed by atoms with E-state index in [2.05, 4.69) is 16.9 Å². The van der Waals surface area contributed by atoms with Gasteiger partial charge in [-0.25, -0.2) is 18.8 Å². The van der Waals surface area contributed by atoms with Crippen LogP contribution in [0.15, 0.2) is 47.7 Å². The molecule has 0 saturated carbocycles. The summed E-state index contributed by atoms with van der Waals surface area (Å²) < 4.78 is 16.0. The molecule has 0 spiro atoms. The number of nitrogens with zero attached hydrogens (tertiary/aromatic N) is 5.